The van der Waals surface area contributed by atoms with Gasteiger partial charge >= 0.3 is 5.97 Å². The van der Waals surface area contributed by atoms with Gasteiger partial charge in [-0.25, -0.2) is 0 Å². The Balaban J connectivity index is 2.19. The van der Waals surface area contributed by atoms with Gasteiger partial charge in [0.15, 0.2) is 8.32 Å². The third-order valence-corrected chi connectivity index (χ3v) is 14.1. The summed E-state index contributed by atoms with van der Waals surface area (Å²) in [5.41, 5.74) is -0.288. The number of fused-ring (bicyclic) bond motifs is 2. The van der Waals surface area contributed by atoms with Crippen molar-refractivity contribution >= 4 is 14.3 Å². The zero-order valence-electron chi connectivity index (χ0n) is 21.0. The van der Waals surface area contributed by atoms with Crippen LogP contribution in [0.4, 0.5) is 0 Å². The molecule has 1 saturated carbocycles. The van der Waals surface area contributed by atoms with E-state index in [0.717, 1.165) is 31.0 Å². The van der Waals surface area contributed by atoms with Gasteiger partial charge < -0.3 is 14.3 Å². The summed E-state index contributed by atoms with van der Waals surface area (Å²) in [5, 5.41) is 12.1. The quantitative estimate of drug-likeness (QED) is 0.294. The summed E-state index contributed by atoms with van der Waals surface area (Å²) in [6.45, 7) is 21.7. The van der Waals surface area contributed by atoms with E-state index in [1.165, 1.54) is 5.57 Å². The number of hydrogen-bond acceptors (Lipinski definition) is 4. The van der Waals surface area contributed by atoms with Gasteiger partial charge in [-0.3, -0.25) is 4.79 Å². The molecule has 0 radical (unpaired) electrons. The molecular weight excluding hydrogens is 404 g/mol. The molecule has 5 heteroatoms. The second-order valence-corrected chi connectivity index (χ2v) is 16.0. The number of aliphatic hydroxyl groups is 1. The van der Waals surface area contributed by atoms with Crippen molar-refractivity contribution in [2.75, 3.05) is 0 Å². The Bertz CT molecular complexity index is 761. The van der Waals surface area contributed by atoms with Gasteiger partial charge in [0.1, 0.15) is 11.7 Å². The number of hydrogen-bond donors (Lipinski definition) is 1. The molecule has 6 atom stereocenters. The number of esters is 1. The first-order chi connectivity index (χ1) is 14.3. The molecule has 2 aliphatic carbocycles. The highest BCUT2D eigenvalue weighted by molar-refractivity contribution is 6.73. The lowest BCUT2D eigenvalue weighted by molar-refractivity contribution is -0.143. The molecule has 1 heterocycles. The van der Waals surface area contributed by atoms with Crippen molar-refractivity contribution in [3.8, 4) is 0 Å². The maximum absolute atomic E-state index is 12.4. The maximum Gasteiger partial charge on any atom is 0.306 e. The Morgan fingerprint density at radius 1 is 1.29 bits per heavy atom. The smallest absolute Gasteiger partial charge is 0.306 e. The monoisotopic (exact) mass is 448 g/mol. The summed E-state index contributed by atoms with van der Waals surface area (Å²) >= 11 is 0. The zero-order chi connectivity index (χ0) is 23.4. The molecule has 0 unspecified atom stereocenters. The van der Waals surface area contributed by atoms with Crippen molar-refractivity contribution in [3.63, 3.8) is 0 Å². The van der Waals surface area contributed by atoms with Crippen LogP contribution in [0.5, 0.6) is 0 Å². The molecule has 0 amide bonds. The highest BCUT2D eigenvalue weighted by Crippen LogP contribution is 2.63. The average Bonchev–Trinajstić information content (AvgIpc) is 3.11. The Hall–Kier alpha value is -0.913. The summed E-state index contributed by atoms with van der Waals surface area (Å²) in [7, 11) is -1.83. The van der Waals surface area contributed by atoms with Gasteiger partial charge in [0.05, 0.1) is 17.9 Å². The third-order valence-electron chi connectivity index (χ3n) is 9.41. The van der Waals surface area contributed by atoms with Gasteiger partial charge in [-0.2, -0.15) is 0 Å². The fourth-order valence-corrected chi connectivity index (χ4v) is 9.75. The minimum atomic E-state index is -1.83. The van der Waals surface area contributed by atoms with Crippen molar-refractivity contribution in [1.82, 2.24) is 0 Å². The molecule has 3 aliphatic rings. The summed E-state index contributed by atoms with van der Waals surface area (Å²) in [5.74, 6) is 0.674. The van der Waals surface area contributed by atoms with E-state index in [2.05, 4.69) is 54.2 Å². The van der Waals surface area contributed by atoms with E-state index in [1.807, 2.05) is 13.8 Å². The second kappa shape index (κ2) is 8.14. The van der Waals surface area contributed by atoms with E-state index >= 15 is 0 Å². The van der Waals surface area contributed by atoms with Crippen LogP contribution in [0, 0.1) is 22.7 Å². The largest absolute Gasteiger partial charge is 0.462 e. The van der Waals surface area contributed by atoms with Gasteiger partial charge in [0, 0.05) is 0 Å². The van der Waals surface area contributed by atoms with Crippen molar-refractivity contribution in [1.29, 1.82) is 0 Å². The second-order valence-electron chi connectivity index (χ2n) is 11.3. The van der Waals surface area contributed by atoms with E-state index in [9.17, 15) is 9.90 Å². The Morgan fingerprint density at radius 3 is 2.35 bits per heavy atom. The van der Waals surface area contributed by atoms with Crippen LogP contribution in [0.25, 0.3) is 0 Å². The minimum absolute atomic E-state index is 0.0212. The Kier molecular flexibility index (Phi) is 6.49. The molecule has 1 N–H and O–H groups in total. The molecule has 0 aromatic rings. The van der Waals surface area contributed by atoms with E-state index in [0.29, 0.717) is 17.4 Å². The van der Waals surface area contributed by atoms with Crippen LogP contribution in [-0.4, -0.2) is 37.2 Å². The lowest BCUT2D eigenvalue weighted by atomic mass is 9.64. The van der Waals surface area contributed by atoms with Crippen molar-refractivity contribution in [2.45, 2.75) is 111 Å². The molecule has 1 aliphatic heterocycles. The third kappa shape index (κ3) is 3.59. The molecule has 0 spiro atoms. The maximum atomic E-state index is 12.4. The number of ether oxygens (including phenoxy) is 1. The molecule has 0 bridgehead atoms. The van der Waals surface area contributed by atoms with E-state index < -0.39 is 19.3 Å². The molecule has 1 saturated heterocycles. The van der Waals surface area contributed by atoms with Crippen molar-refractivity contribution in [2.24, 2.45) is 22.7 Å². The SMILES string of the molecule is C=C(C)[C@]1(O)C=C2[C@H](O[Si](CC)(CC)CC)C[C@@H](C(C)C)[C@]2(C)C[C@H]2OC(=O)C[C@]21C. The molecule has 31 heavy (non-hydrogen) atoms. The number of rotatable bonds is 7. The average molecular weight is 449 g/mol. The van der Waals surface area contributed by atoms with Gasteiger partial charge in [0.25, 0.3) is 0 Å². The van der Waals surface area contributed by atoms with Crippen molar-refractivity contribution < 1.29 is 19.1 Å². The number of carbonyl (C=O) groups excluding carboxylic acids is 1. The van der Waals surface area contributed by atoms with Gasteiger partial charge in [-0.1, -0.05) is 55.0 Å². The predicted molar refractivity (Wildman–Crippen MR) is 128 cm³/mol. The van der Waals surface area contributed by atoms with Crippen LogP contribution in [-0.2, 0) is 14.0 Å². The number of carbonyl (C=O) groups is 1. The zero-order valence-corrected chi connectivity index (χ0v) is 22.0. The minimum Gasteiger partial charge on any atom is -0.462 e. The van der Waals surface area contributed by atoms with E-state index in [1.54, 1.807) is 0 Å². The first-order valence-corrected chi connectivity index (χ1v) is 14.8. The summed E-state index contributed by atoms with van der Waals surface area (Å²) in [4.78, 5) is 12.4. The van der Waals surface area contributed by atoms with Gasteiger partial charge in [-0.05, 0) is 72.4 Å². The molecule has 0 aromatic heterocycles. The van der Waals surface area contributed by atoms with Crippen LogP contribution in [0.3, 0.4) is 0 Å². The van der Waals surface area contributed by atoms with Crippen LogP contribution < -0.4 is 0 Å². The lowest BCUT2D eigenvalue weighted by Gasteiger charge is -2.43. The van der Waals surface area contributed by atoms with Crippen molar-refractivity contribution in [3.05, 3.63) is 23.8 Å². The normalized spacial score (nSPS) is 40.3. The topological polar surface area (TPSA) is 55.8 Å². The van der Waals surface area contributed by atoms with Crippen LogP contribution >= 0.6 is 0 Å². The fourth-order valence-electron chi connectivity index (χ4n) is 6.92. The first-order valence-electron chi connectivity index (χ1n) is 12.3. The molecule has 4 nitrogen and oxygen atoms in total. The van der Waals surface area contributed by atoms with Gasteiger partial charge in [-0.15, -0.1) is 0 Å². The Labute approximate surface area is 190 Å². The van der Waals surface area contributed by atoms with E-state index in [4.69, 9.17) is 9.16 Å². The molecule has 0 aromatic carbocycles. The fraction of sp³-hybridized carbons (Fsp3) is 0.808. The molecule has 176 valence electrons. The van der Waals surface area contributed by atoms with E-state index in [-0.39, 0.29) is 30.0 Å². The van der Waals surface area contributed by atoms with Crippen LogP contribution in [0.1, 0.15) is 74.7 Å². The van der Waals surface area contributed by atoms with Crippen LogP contribution in [0.15, 0.2) is 23.8 Å². The van der Waals surface area contributed by atoms with Crippen LogP contribution in [0.2, 0.25) is 18.1 Å². The molecule has 3 rings (SSSR count). The highest BCUT2D eigenvalue weighted by Gasteiger charge is 2.65. The standard InChI is InChI=1S/C26H44O4Si/c1-10-31(11-2,12-3)30-21-13-19(17(4)5)24(8)15-22-25(9,16-23(27)29-22)26(28,18(6)7)14-20(21)24/h14,17,19,21-22,28H,6,10-13,15-16H2,1-5,7-9H3/t19-,21+,22+,24-,25+,26+/m0/s1. The lowest BCUT2D eigenvalue weighted by Crippen LogP contribution is -2.50. The highest BCUT2D eigenvalue weighted by atomic mass is 28.4. The summed E-state index contributed by atoms with van der Waals surface area (Å²) in [6, 6.07) is 3.32. The molecular formula is C26H44O4Si. The predicted octanol–water partition coefficient (Wildman–Crippen LogP) is 6.02. The summed E-state index contributed by atoms with van der Waals surface area (Å²) in [6.07, 6.45) is 3.68. The van der Waals surface area contributed by atoms with Gasteiger partial charge in [0.2, 0.25) is 0 Å². The Morgan fingerprint density at radius 2 is 1.87 bits per heavy atom. The first kappa shape index (κ1) is 24.7. The molecule has 2 fully saturated rings. The summed E-state index contributed by atoms with van der Waals surface area (Å²) < 4.78 is 13.0.